The van der Waals surface area contributed by atoms with Gasteiger partial charge in [-0.25, -0.2) is 0 Å². The molecular formula is C12H15B3ClNO5S. The molecule has 0 aromatic heterocycles. The van der Waals surface area contributed by atoms with Crippen molar-refractivity contribution in [3.05, 3.63) is 46.5 Å². The molecule has 120 valence electrons. The fourth-order valence-corrected chi connectivity index (χ4v) is 2.67. The van der Waals surface area contributed by atoms with Gasteiger partial charge in [0.05, 0.1) is 0 Å². The van der Waals surface area contributed by atoms with Gasteiger partial charge < -0.3 is 14.7 Å². The lowest BCUT2D eigenvalue weighted by atomic mass is 9.71. The summed E-state index contributed by atoms with van der Waals surface area (Å²) in [6.45, 7) is 1.46. The van der Waals surface area contributed by atoms with Crippen LogP contribution in [0.25, 0.3) is 0 Å². The number of carbonyl (C=O) groups excluding carboxylic acids is 1. The van der Waals surface area contributed by atoms with Gasteiger partial charge in [0.1, 0.15) is 15.7 Å². The molecule has 1 aliphatic rings. The third-order valence-corrected chi connectivity index (χ3v) is 5.65. The summed E-state index contributed by atoms with van der Waals surface area (Å²) in [5.74, 6) is -1.53. The van der Waals surface area contributed by atoms with Gasteiger partial charge in [0.15, 0.2) is 13.3 Å². The van der Waals surface area contributed by atoms with Crippen LogP contribution in [-0.4, -0.2) is 42.3 Å². The second-order valence-electron chi connectivity index (χ2n) is 6.31. The number of halogens is 1. The average Bonchev–Trinajstić information content (AvgIpc) is 2.62. The van der Waals surface area contributed by atoms with E-state index in [-0.39, 0.29) is 5.88 Å². The van der Waals surface area contributed by atoms with Gasteiger partial charge in [0.2, 0.25) is 17.4 Å². The lowest BCUT2D eigenvalue weighted by Crippen LogP contribution is -2.40. The lowest BCUT2D eigenvalue weighted by molar-refractivity contribution is -0.126. The summed E-state index contributed by atoms with van der Waals surface area (Å²) in [4.78, 5) is 12.6. The minimum atomic E-state index is -4.05. The third-order valence-electron chi connectivity index (χ3n) is 3.52. The van der Waals surface area contributed by atoms with Crippen molar-refractivity contribution in [3.8, 4) is 0 Å². The second kappa shape index (κ2) is 5.52. The molecule has 0 unspecified atom stereocenters. The Hall–Kier alpha value is -1.54. The van der Waals surface area contributed by atoms with E-state index < -0.39 is 31.7 Å². The van der Waals surface area contributed by atoms with Crippen molar-refractivity contribution in [2.24, 2.45) is 5.73 Å². The number of carbonyl (C=O) groups is 1. The first-order chi connectivity index (χ1) is 10.4. The van der Waals surface area contributed by atoms with Crippen molar-refractivity contribution >= 4 is 51.0 Å². The molecule has 0 radical (unpaired) electrons. The molecular weight excluding hydrogens is 338 g/mol. The molecule has 1 aliphatic heterocycles. The van der Waals surface area contributed by atoms with Gasteiger partial charge in [0, 0.05) is 9.57 Å². The maximum atomic E-state index is 12.6. The first kappa shape index (κ1) is 17.8. The standard InChI is InChI=1S/C12H15B3ClNO5S/c1-11(13,14)23(19,20)22-8-9(18)12(15,21-10(8)17)6-2-4-7(16)5-3-6/h2-5H,13-15,17H2,1H3/t12-/m0/s1. The first-order valence-electron chi connectivity index (χ1n) is 6.82. The number of Topliss-reactive ketones (excluding diaryl/α,β-unsaturated/α-hetero) is 1. The highest BCUT2D eigenvalue weighted by atomic mass is 35.5. The molecule has 11 heteroatoms. The van der Waals surface area contributed by atoms with Gasteiger partial charge in [-0.15, -0.1) is 0 Å². The van der Waals surface area contributed by atoms with E-state index >= 15 is 0 Å². The van der Waals surface area contributed by atoms with Crippen LogP contribution in [-0.2, 0) is 29.3 Å². The van der Waals surface area contributed by atoms with E-state index in [1.807, 2.05) is 0 Å². The number of rotatable bonds is 4. The number of hydrogen-bond donors (Lipinski definition) is 1. The molecule has 0 bridgehead atoms. The Balaban J connectivity index is 2.37. The van der Waals surface area contributed by atoms with E-state index in [0.29, 0.717) is 10.6 Å². The van der Waals surface area contributed by atoms with Gasteiger partial charge in [-0.2, -0.15) is 8.42 Å². The monoisotopic (exact) mass is 353 g/mol. The van der Waals surface area contributed by atoms with Crippen LogP contribution in [0, 0.1) is 0 Å². The van der Waals surface area contributed by atoms with Crippen molar-refractivity contribution in [1.29, 1.82) is 0 Å². The molecule has 0 saturated carbocycles. The molecule has 1 heterocycles. The Kier molecular flexibility index (Phi) is 4.28. The molecule has 1 aromatic carbocycles. The molecule has 23 heavy (non-hydrogen) atoms. The quantitative estimate of drug-likeness (QED) is 0.504. The summed E-state index contributed by atoms with van der Waals surface area (Å²) in [5.41, 5.74) is 4.71. The number of nitrogens with two attached hydrogens (primary N) is 1. The fraction of sp³-hybridized carbons (Fsp3) is 0.250. The van der Waals surface area contributed by atoms with Crippen LogP contribution < -0.4 is 5.73 Å². The van der Waals surface area contributed by atoms with Crippen LogP contribution >= 0.6 is 11.6 Å². The predicted molar refractivity (Wildman–Crippen MR) is 94.5 cm³/mol. The van der Waals surface area contributed by atoms with E-state index in [0.717, 1.165) is 0 Å². The van der Waals surface area contributed by atoms with Gasteiger partial charge in [-0.1, -0.05) is 30.7 Å². The van der Waals surface area contributed by atoms with E-state index in [1.165, 1.54) is 30.5 Å². The molecule has 2 N–H and O–H groups in total. The van der Waals surface area contributed by atoms with Crippen LogP contribution in [0.15, 0.2) is 35.9 Å². The van der Waals surface area contributed by atoms with E-state index in [1.54, 1.807) is 24.3 Å². The summed E-state index contributed by atoms with van der Waals surface area (Å²) >= 11 is 5.83. The smallest absolute Gasteiger partial charge is 0.299 e. The Morgan fingerprint density at radius 3 is 2.30 bits per heavy atom. The van der Waals surface area contributed by atoms with Crippen LogP contribution in [0.2, 0.25) is 5.02 Å². The largest absolute Gasteiger partial charge is 0.467 e. The van der Waals surface area contributed by atoms with E-state index in [4.69, 9.17) is 26.3 Å². The van der Waals surface area contributed by atoms with Crippen molar-refractivity contribution in [1.82, 2.24) is 0 Å². The van der Waals surface area contributed by atoms with Crippen LogP contribution in [0.3, 0.4) is 0 Å². The zero-order chi connectivity index (χ0) is 17.6. The number of benzene rings is 1. The van der Waals surface area contributed by atoms with Crippen molar-refractivity contribution < 1.29 is 22.1 Å². The Morgan fingerprint density at radius 2 is 1.83 bits per heavy atom. The molecule has 6 nitrogen and oxygen atoms in total. The number of hydrogen-bond acceptors (Lipinski definition) is 6. The van der Waals surface area contributed by atoms with E-state index in [2.05, 4.69) is 0 Å². The minimum absolute atomic E-state index is 0.361. The Bertz CT molecular complexity index is 788. The summed E-state index contributed by atoms with van der Waals surface area (Å²) in [7, 11) is 0.358. The predicted octanol–water partition coefficient (Wildman–Crippen LogP) is -1.86. The van der Waals surface area contributed by atoms with E-state index in [9.17, 15) is 13.2 Å². The SMILES string of the molecule is BC(B)(C)S(=O)(=O)OC1=C(N)O[C@@](B)(c2ccc(Cl)cc2)C1=O. The summed E-state index contributed by atoms with van der Waals surface area (Å²) < 4.78 is 33.5. The molecule has 0 saturated heterocycles. The molecule has 2 rings (SSSR count). The molecule has 1 aromatic rings. The van der Waals surface area contributed by atoms with Crippen molar-refractivity contribution in [3.63, 3.8) is 0 Å². The summed E-state index contributed by atoms with van der Waals surface area (Å²) in [5, 5.41) is 0.496. The third kappa shape index (κ3) is 3.10. The zero-order valence-electron chi connectivity index (χ0n) is 13.2. The summed E-state index contributed by atoms with van der Waals surface area (Å²) in [6.07, 6.45) is 0. The average molecular weight is 353 g/mol. The first-order valence-corrected chi connectivity index (χ1v) is 8.61. The van der Waals surface area contributed by atoms with Crippen molar-refractivity contribution in [2.45, 2.75) is 17.0 Å². The zero-order valence-corrected chi connectivity index (χ0v) is 14.8. The Labute approximate surface area is 142 Å². The highest BCUT2D eigenvalue weighted by molar-refractivity contribution is 7.91. The highest BCUT2D eigenvalue weighted by Crippen LogP contribution is 2.36. The van der Waals surface area contributed by atoms with Crippen LogP contribution in [0.4, 0.5) is 0 Å². The maximum Gasteiger partial charge on any atom is 0.299 e. The molecule has 0 fully saturated rings. The van der Waals surface area contributed by atoms with Crippen molar-refractivity contribution in [2.75, 3.05) is 0 Å². The Morgan fingerprint density at radius 1 is 1.30 bits per heavy atom. The highest BCUT2D eigenvalue weighted by Gasteiger charge is 2.50. The number of ketones is 1. The molecule has 0 amide bonds. The van der Waals surface area contributed by atoms with Gasteiger partial charge in [-0.3, -0.25) is 4.79 Å². The van der Waals surface area contributed by atoms with Gasteiger partial charge in [-0.05, 0) is 17.7 Å². The van der Waals surface area contributed by atoms with Gasteiger partial charge in [0.25, 0.3) is 10.1 Å². The normalized spacial score (nSPS) is 22.1. The lowest BCUT2D eigenvalue weighted by Gasteiger charge is -2.23. The molecule has 0 aliphatic carbocycles. The van der Waals surface area contributed by atoms with Crippen LogP contribution in [0.5, 0.6) is 0 Å². The maximum absolute atomic E-state index is 12.6. The fourth-order valence-electron chi connectivity index (χ4n) is 1.91. The molecule has 0 spiro atoms. The summed E-state index contributed by atoms with van der Waals surface area (Å²) in [6, 6.07) is 6.41. The second-order valence-corrected chi connectivity index (χ2v) is 9.05. The topological polar surface area (TPSA) is 95.7 Å². The van der Waals surface area contributed by atoms with Gasteiger partial charge >= 0.3 is 0 Å². The minimum Gasteiger partial charge on any atom is -0.467 e. The number of ether oxygens (including phenoxy) is 1. The van der Waals surface area contributed by atoms with Crippen LogP contribution in [0.1, 0.15) is 12.5 Å². The molecule has 1 atom stereocenters.